The van der Waals surface area contributed by atoms with Crippen LogP contribution in [0.15, 0.2) is 58.5 Å². The van der Waals surface area contributed by atoms with Crippen LogP contribution in [0.1, 0.15) is 45.5 Å². The van der Waals surface area contributed by atoms with Gasteiger partial charge in [0.25, 0.3) is 5.56 Å². The molecular formula is C25H28N4O. The molecule has 3 aromatic rings. The molecule has 5 nitrogen and oxygen atoms in total. The third-order valence-corrected chi connectivity index (χ3v) is 5.65. The van der Waals surface area contributed by atoms with Crippen molar-refractivity contribution in [3.05, 3.63) is 70.4 Å². The maximum Gasteiger partial charge on any atom is 0.261 e. The fourth-order valence-corrected chi connectivity index (χ4v) is 4.02. The summed E-state index contributed by atoms with van der Waals surface area (Å²) in [7, 11) is 0. The Morgan fingerprint density at radius 2 is 2.10 bits per heavy atom. The average Bonchev–Trinajstić information content (AvgIpc) is 2.74. The monoisotopic (exact) mass is 400 g/mol. The molecule has 0 spiro atoms. The fourth-order valence-electron chi connectivity index (χ4n) is 4.02. The summed E-state index contributed by atoms with van der Waals surface area (Å²) >= 11 is 0. The number of pyridine rings is 1. The Hall–Kier alpha value is -3.08. The van der Waals surface area contributed by atoms with Gasteiger partial charge in [0, 0.05) is 36.8 Å². The van der Waals surface area contributed by atoms with Crippen LogP contribution in [0, 0.1) is 5.41 Å². The third-order valence-electron chi connectivity index (χ3n) is 5.65. The third kappa shape index (κ3) is 3.84. The molecule has 1 aliphatic heterocycles. The van der Waals surface area contributed by atoms with Crippen molar-refractivity contribution in [2.24, 2.45) is 10.4 Å². The number of hydrogen-bond acceptors (Lipinski definition) is 4. The van der Waals surface area contributed by atoms with Crippen molar-refractivity contribution in [3.63, 3.8) is 0 Å². The zero-order chi connectivity index (χ0) is 21.3. The molecule has 0 N–H and O–H groups in total. The summed E-state index contributed by atoms with van der Waals surface area (Å²) in [5, 5.41) is 0.669. The zero-order valence-electron chi connectivity index (χ0n) is 18.1. The molecule has 0 radical (unpaired) electrons. The molecular weight excluding hydrogens is 372 g/mol. The summed E-state index contributed by atoms with van der Waals surface area (Å²) in [6.07, 6.45) is 7.71. The van der Waals surface area contributed by atoms with Gasteiger partial charge in [-0.3, -0.25) is 19.3 Å². The highest BCUT2D eigenvalue weighted by molar-refractivity contribution is 6.08. The largest absolute Gasteiger partial charge is 0.296 e. The predicted octanol–water partition coefficient (Wildman–Crippen LogP) is 4.82. The molecule has 0 bridgehead atoms. The molecule has 30 heavy (non-hydrogen) atoms. The summed E-state index contributed by atoms with van der Waals surface area (Å²) in [6, 6.07) is 9.86. The van der Waals surface area contributed by atoms with Crippen LogP contribution in [0.2, 0.25) is 0 Å². The van der Waals surface area contributed by atoms with Gasteiger partial charge in [-0.05, 0) is 56.0 Å². The zero-order valence-corrected chi connectivity index (χ0v) is 18.1. The molecule has 0 unspecified atom stereocenters. The van der Waals surface area contributed by atoms with Crippen LogP contribution >= 0.6 is 0 Å². The highest BCUT2D eigenvalue weighted by atomic mass is 16.1. The van der Waals surface area contributed by atoms with Crippen molar-refractivity contribution in [2.75, 3.05) is 6.54 Å². The first-order valence-corrected chi connectivity index (χ1v) is 10.6. The first-order chi connectivity index (χ1) is 14.4. The van der Waals surface area contributed by atoms with Crippen LogP contribution in [0.5, 0.6) is 0 Å². The number of nitrogens with zero attached hydrogens (tertiary/aromatic N) is 4. The summed E-state index contributed by atoms with van der Waals surface area (Å²) in [4.78, 5) is 27.0. The molecule has 3 heterocycles. The molecule has 0 atom stereocenters. The number of aliphatic imine (C=N–C) groups is 1. The van der Waals surface area contributed by atoms with E-state index < -0.39 is 0 Å². The van der Waals surface area contributed by atoms with E-state index in [2.05, 4.69) is 23.8 Å². The van der Waals surface area contributed by atoms with Gasteiger partial charge in [-0.2, -0.15) is 0 Å². The van der Waals surface area contributed by atoms with Crippen molar-refractivity contribution in [3.8, 4) is 11.3 Å². The van der Waals surface area contributed by atoms with Gasteiger partial charge in [0.15, 0.2) is 0 Å². The van der Waals surface area contributed by atoms with E-state index in [1.165, 1.54) is 0 Å². The number of rotatable bonds is 4. The normalized spacial score (nSPS) is 16.2. The minimum Gasteiger partial charge on any atom is -0.296 e. The Bertz CT molecular complexity index is 1200. The van der Waals surface area contributed by atoms with E-state index in [0.29, 0.717) is 5.39 Å². The average molecular weight is 401 g/mol. The summed E-state index contributed by atoms with van der Waals surface area (Å²) in [5.41, 5.74) is 4.68. The highest BCUT2D eigenvalue weighted by Gasteiger charge is 2.27. The Kier molecular flexibility index (Phi) is 5.37. The van der Waals surface area contributed by atoms with Gasteiger partial charge in [-0.25, -0.2) is 4.98 Å². The summed E-state index contributed by atoms with van der Waals surface area (Å²) < 4.78 is 1.86. The van der Waals surface area contributed by atoms with Crippen molar-refractivity contribution < 1.29 is 0 Å². The van der Waals surface area contributed by atoms with E-state index in [0.717, 1.165) is 59.8 Å². The molecule has 0 saturated heterocycles. The van der Waals surface area contributed by atoms with Crippen LogP contribution < -0.4 is 5.56 Å². The SMILES string of the molecule is C/C=C\C(=NCC)c1ccc(-c2ccc3c(=O)n4c(nc3c2)CCC(C)(C)C4)nc1. The van der Waals surface area contributed by atoms with Gasteiger partial charge in [0.05, 0.1) is 22.3 Å². The number of hydrogen-bond donors (Lipinski definition) is 0. The van der Waals surface area contributed by atoms with E-state index >= 15 is 0 Å². The van der Waals surface area contributed by atoms with Gasteiger partial charge in [0.2, 0.25) is 0 Å². The van der Waals surface area contributed by atoms with Crippen molar-refractivity contribution in [2.45, 2.75) is 47.1 Å². The summed E-state index contributed by atoms with van der Waals surface area (Å²) in [6.45, 7) is 9.88. The number of allylic oxidation sites excluding steroid dienone is 2. The fraction of sp³-hybridized carbons (Fsp3) is 0.360. The minimum atomic E-state index is 0.0596. The topological polar surface area (TPSA) is 60.1 Å². The first kappa shape index (κ1) is 20.2. The second-order valence-corrected chi connectivity index (χ2v) is 8.61. The smallest absolute Gasteiger partial charge is 0.261 e. The van der Waals surface area contributed by atoms with E-state index in [1.807, 2.05) is 67.1 Å². The lowest BCUT2D eigenvalue weighted by molar-refractivity contribution is 0.240. The van der Waals surface area contributed by atoms with E-state index in [-0.39, 0.29) is 11.0 Å². The molecule has 5 heteroatoms. The lowest BCUT2D eigenvalue weighted by Gasteiger charge is -2.31. The lowest BCUT2D eigenvalue weighted by Crippen LogP contribution is -2.36. The number of aryl methyl sites for hydroxylation is 1. The Morgan fingerprint density at radius 3 is 2.80 bits per heavy atom. The van der Waals surface area contributed by atoms with E-state index in [9.17, 15) is 4.79 Å². The minimum absolute atomic E-state index is 0.0596. The van der Waals surface area contributed by atoms with Gasteiger partial charge in [0.1, 0.15) is 5.82 Å². The molecule has 154 valence electrons. The van der Waals surface area contributed by atoms with Gasteiger partial charge in [-0.1, -0.05) is 26.0 Å². The Labute approximate surface area is 177 Å². The molecule has 0 fully saturated rings. The molecule has 0 aliphatic carbocycles. The van der Waals surface area contributed by atoms with Gasteiger partial charge < -0.3 is 0 Å². The van der Waals surface area contributed by atoms with Crippen LogP contribution in [0.4, 0.5) is 0 Å². The van der Waals surface area contributed by atoms with Crippen molar-refractivity contribution in [1.29, 1.82) is 0 Å². The second-order valence-electron chi connectivity index (χ2n) is 8.61. The van der Waals surface area contributed by atoms with Crippen molar-refractivity contribution >= 4 is 16.6 Å². The van der Waals surface area contributed by atoms with Crippen LogP contribution in [0.3, 0.4) is 0 Å². The molecule has 0 amide bonds. The number of fused-ring (bicyclic) bond motifs is 2. The Balaban J connectivity index is 1.72. The quantitative estimate of drug-likeness (QED) is 0.590. The van der Waals surface area contributed by atoms with Crippen molar-refractivity contribution in [1.82, 2.24) is 14.5 Å². The molecule has 0 saturated carbocycles. The van der Waals surface area contributed by atoms with Crippen LogP contribution in [-0.4, -0.2) is 26.8 Å². The molecule has 4 rings (SSSR count). The van der Waals surface area contributed by atoms with E-state index in [4.69, 9.17) is 4.98 Å². The number of aromatic nitrogens is 3. The van der Waals surface area contributed by atoms with E-state index in [1.54, 1.807) is 0 Å². The molecule has 1 aromatic carbocycles. The molecule has 2 aromatic heterocycles. The standard InChI is InChI=1S/C25H28N4O/c1-5-7-20(26-6-2)18-9-11-21(27-15-18)17-8-10-19-22(14-17)28-23-12-13-25(3,4)16-29(23)24(19)30/h5,7-11,14-15H,6,12-13,16H2,1-4H3/b7-5-,26-20?. The maximum absolute atomic E-state index is 13.0. The lowest BCUT2D eigenvalue weighted by atomic mass is 9.85. The summed E-state index contributed by atoms with van der Waals surface area (Å²) in [5.74, 6) is 0.888. The highest BCUT2D eigenvalue weighted by Crippen LogP contribution is 2.30. The second kappa shape index (κ2) is 7.98. The van der Waals surface area contributed by atoms with Gasteiger partial charge >= 0.3 is 0 Å². The van der Waals surface area contributed by atoms with Crippen LogP contribution in [-0.2, 0) is 13.0 Å². The predicted molar refractivity (Wildman–Crippen MR) is 123 cm³/mol. The molecule has 1 aliphatic rings. The van der Waals surface area contributed by atoms with Crippen LogP contribution in [0.25, 0.3) is 22.2 Å². The first-order valence-electron chi connectivity index (χ1n) is 10.6. The number of benzene rings is 1. The Morgan fingerprint density at radius 1 is 1.27 bits per heavy atom. The maximum atomic E-state index is 13.0. The van der Waals surface area contributed by atoms with Gasteiger partial charge in [-0.15, -0.1) is 0 Å².